The number of hydrogen-bond acceptors (Lipinski definition) is 2. The molecule has 2 nitrogen and oxygen atoms in total. The Hall–Kier alpha value is -0.740. The minimum atomic E-state index is 0. The highest BCUT2D eigenvalue weighted by molar-refractivity contribution is 7.99. The Morgan fingerprint density at radius 3 is 2.76 bits per heavy atom. The maximum atomic E-state index is 4.44. The minimum Gasteiger partial charge on any atom is -1.00 e. The van der Waals surface area contributed by atoms with Crippen LogP contribution < -0.4 is 17.0 Å². The van der Waals surface area contributed by atoms with E-state index >= 15 is 0 Å². The van der Waals surface area contributed by atoms with E-state index in [1.807, 2.05) is 18.0 Å². The zero-order valence-corrected chi connectivity index (χ0v) is 12.1. The average molecular weight is 310 g/mol. The van der Waals surface area contributed by atoms with Gasteiger partial charge in [0.2, 0.25) is 0 Å². The molecule has 2 aromatic rings. The maximum Gasteiger partial charge on any atom is 0.168 e. The van der Waals surface area contributed by atoms with Gasteiger partial charge in [-0.25, -0.2) is 4.98 Å². The second-order valence-corrected chi connectivity index (χ2v) is 5.04. The number of hydrogen-bond donors (Lipinski definition) is 0. The number of halogens is 1. The van der Waals surface area contributed by atoms with E-state index in [2.05, 4.69) is 40.7 Å². The first-order valence-electron chi connectivity index (χ1n) is 5.66. The summed E-state index contributed by atoms with van der Waals surface area (Å²) in [6, 6.07) is 8.81. The highest BCUT2D eigenvalue weighted by atomic mass is 79.9. The van der Waals surface area contributed by atoms with Gasteiger partial charge in [0.25, 0.3) is 0 Å². The molecule has 0 spiro atoms. The molecule has 0 bridgehead atoms. The number of rotatable bonds is 2. The lowest BCUT2D eigenvalue weighted by Crippen LogP contribution is -3.00. The molecule has 90 valence electrons. The molecule has 1 aromatic heterocycles. The van der Waals surface area contributed by atoms with Gasteiger partial charge in [-0.2, -0.15) is 0 Å². The third-order valence-corrected chi connectivity index (χ3v) is 3.99. The highest BCUT2D eigenvalue weighted by Crippen LogP contribution is 2.30. The zero-order chi connectivity index (χ0) is 11.0. The molecule has 0 radical (unpaired) electrons. The van der Waals surface area contributed by atoms with Crippen molar-refractivity contribution < 1.29 is 17.0 Å². The van der Waals surface area contributed by atoms with Crippen LogP contribution in [0.5, 0.6) is 0 Å². The van der Waals surface area contributed by atoms with Gasteiger partial charge >= 0.3 is 0 Å². The fourth-order valence-corrected chi connectivity index (χ4v) is 2.99. The summed E-state index contributed by atoms with van der Waals surface area (Å²) in [5.41, 5.74) is 3.92. The third-order valence-electron chi connectivity index (χ3n) is 3.02. The van der Waals surface area contributed by atoms with Crippen LogP contribution >= 0.6 is 11.8 Å². The molecule has 0 saturated carbocycles. The number of aryl methyl sites for hydroxylation is 1. The summed E-state index contributed by atoms with van der Waals surface area (Å²) in [4.78, 5) is 4.44. The van der Waals surface area contributed by atoms with Crippen molar-refractivity contribution in [2.45, 2.75) is 25.0 Å². The molecule has 0 unspecified atom stereocenters. The molecule has 0 saturated heterocycles. The van der Waals surface area contributed by atoms with Crippen molar-refractivity contribution in [1.29, 1.82) is 0 Å². The van der Waals surface area contributed by atoms with E-state index in [1.165, 1.54) is 16.8 Å². The first-order valence-corrected chi connectivity index (χ1v) is 6.64. The first-order chi connectivity index (χ1) is 7.88. The first kappa shape index (κ1) is 12.7. The molecular weight excluding hydrogens is 296 g/mol. The van der Waals surface area contributed by atoms with E-state index in [0.717, 1.165) is 23.9 Å². The number of thioether (sulfide) groups is 1. The molecule has 4 heteroatoms. The molecule has 0 amide bonds. The van der Waals surface area contributed by atoms with Gasteiger partial charge in [0, 0.05) is 12.3 Å². The van der Waals surface area contributed by atoms with Gasteiger partial charge in [-0.1, -0.05) is 43.0 Å². The van der Waals surface area contributed by atoms with Crippen molar-refractivity contribution in [2.24, 2.45) is 0 Å². The molecule has 0 N–H and O–H groups in total. The predicted octanol–water partition coefficient (Wildman–Crippen LogP) is 0.222. The van der Waals surface area contributed by atoms with Crippen LogP contribution in [0, 0.1) is 0 Å². The van der Waals surface area contributed by atoms with Crippen molar-refractivity contribution in [3.05, 3.63) is 36.0 Å². The Balaban J connectivity index is 0.00000108. The van der Waals surface area contributed by atoms with Gasteiger partial charge in [-0.3, -0.25) is 0 Å². The Kier molecular flexibility index (Phi) is 3.94. The van der Waals surface area contributed by atoms with E-state index in [1.54, 1.807) is 0 Å². The second-order valence-electron chi connectivity index (χ2n) is 3.98. The van der Waals surface area contributed by atoms with Gasteiger partial charge in [0.05, 0.1) is 11.9 Å². The van der Waals surface area contributed by atoms with E-state index in [9.17, 15) is 0 Å². The standard InChI is InChI=1S/C13H14N2S.BrH/c1-2-10-3-5-11(6-4-10)12-9-14-13-15(12)7-8-16-13;/h3-6,9H,2,7-8H2,1H3;1H/p-1. The van der Waals surface area contributed by atoms with Gasteiger partial charge in [0.15, 0.2) is 5.16 Å². The van der Waals surface area contributed by atoms with Crippen molar-refractivity contribution in [3.63, 3.8) is 0 Å². The Labute approximate surface area is 116 Å². The normalized spacial score (nSPS) is 13.2. The van der Waals surface area contributed by atoms with Crippen molar-refractivity contribution in [1.82, 2.24) is 9.55 Å². The summed E-state index contributed by atoms with van der Waals surface area (Å²) in [5, 5.41) is 1.16. The lowest BCUT2D eigenvalue weighted by atomic mass is 10.1. The molecule has 1 aliphatic rings. The summed E-state index contributed by atoms with van der Waals surface area (Å²) in [6.45, 7) is 3.27. The van der Waals surface area contributed by atoms with E-state index < -0.39 is 0 Å². The van der Waals surface area contributed by atoms with Gasteiger partial charge in [0.1, 0.15) is 0 Å². The van der Waals surface area contributed by atoms with Crippen LogP contribution in [0.15, 0.2) is 35.6 Å². The summed E-state index contributed by atoms with van der Waals surface area (Å²) < 4.78 is 2.31. The zero-order valence-electron chi connectivity index (χ0n) is 9.69. The molecule has 1 aromatic carbocycles. The predicted molar refractivity (Wildman–Crippen MR) is 67.8 cm³/mol. The number of imidazole rings is 1. The molecule has 0 aliphatic carbocycles. The minimum absolute atomic E-state index is 0. The molecule has 17 heavy (non-hydrogen) atoms. The smallest absolute Gasteiger partial charge is 0.168 e. The summed E-state index contributed by atoms with van der Waals surface area (Å²) in [6.07, 6.45) is 3.09. The van der Waals surface area contributed by atoms with Gasteiger partial charge < -0.3 is 21.5 Å². The van der Waals surface area contributed by atoms with Crippen molar-refractivity contribution in [2.75, 3.05) is 5.75 Å². The quantitative estimate of drug-likeness (QED) is 0.790. The Bertz CT molecular complexity index is 505. The Morgan fingerprint density at radius 1 is 1.29 bits per heavy atom. The van der Waals surface area contributed by atoms with Crippen LogP contribution in [-0.2, 0) is 13.0 Å². The second kappa shape index (κ2) is 5.27. The van der Waals surface area contributed by atoms with Crippen LogP contribution in [-0.4, -0.2) is 15.3 Å². The topological polar surface area (TPSA) is 17.8 Å². The fourth-order valence-electron chi connectivity index (χ4n) is 2.06. The largest absolute Gasteiger partial charge is 1.00 e. The maximum absolute atomic E-state index is 4.44. The van der Waals surface area contributed by atoms with E-state index in [0.29, 0.717) is 0 Å². The van der Waals surface area contributed by atoms with E-state index in [-0.39, 0.29) is 17.0 Å². The monoisotopic (exact) mass is 309 g/mol. The van der Waals surface area contributed by atoms with Crippen LogP contribution in [0.2, 0.25) is 0 Å². The van der Waals surface area contributed by atoms with Gasteiger partial charge in [-0.15, -0.1) is 0 Å². The molecule has 1 aliphatic heterocycles. The number of benzene rings is 1. The highest BCUT2D eigenvalue weighted by Gasteiger charge is 2.16. The van der Waals surface area contributed by atoms with Crippen LogP contribution in [0.25, 0.3) is 11.3 Å². The summed E-state index contributed by atoms with van der Waals surface area (Å²) >= 11 is 1.84. The van der Waals surface area contributed by atoms with Crippen LogP contribution in [0.1, 0.15) is 12.5 Å². The van der Waals surface area contributed by atoms with E-state index in [4.69, 9.17) is 0 Å². The molecule has 0 fully saturated rings. The van der Waals surface area contributed by atoms with Crippen molar-refractivity contribution >= 4 is 11.8 Å². The lowest BCUT2D eigenvalue weighted by molar-refractivity contribution is -0.00000324. The SMILES string of the molecule is CCc1ccc(-c2cnc3n2CCS3)cc1.[Br-]. The molecule has 2 heterocycles. The molecule has 0 atom stereocenters. The Morgan fingerprint density at radius 2 is 2.06 bits per heavy atom. The summed E-state index contributed by atoms with van der Waals surface area (Å²) in [5.74, 6) is 1.16. The number of fused-ring (bicyclic) bond motifs is 1. The average Bonchev–Trinajstić information content (AvgIpc) is 2.91. The van der Waals surface area contributed by atoms with Crippen molar-refractivity contribution in [3.8, 4) is 11.3 Å². The number of nitrogens with zero attached hydrogens (tertiary/aromatic N) is 2. The lowest BCUT2D eigenvalue weighted by Gasteiger charge is -2.05. The van der Waals surface area contributed by atoms with Gasteiger partial charge in [-0.05, 0) is 17.5 Å². The number of aromatic nitrogens is 2. The molecular formula is C13H14BrN2S-. The molecule has 3 rings (SSSR count). The van der Waals surface area contributed by atoms with Crippen LogP contribution in [0.4, 0.5) is 0 Å². The third kappa shape index (κ3) is 2.29. The van der Waals surface area contributed by atoms with Crippen LogP contribution in [0.3, 0.4) is 0 Å². The summed E-state index contributed by atoms with van der Waals surface area (Å²) in [7, 11) is 0. The fraction of sp³-hybridized carbons (Fsp3) is 0.308.